The number of rotatable bonds is 7. The van der Waals surface area contributed by atoms with E-state index in [1.165, 1.54) is 11.1 Å². The third-order valence-electron chi connectivity index (χ3n) is 3.57. The topological polar surface area (TPSA) is 24.5 Å². The molecule has 0 saturated carbocycles. The van der Waals surface area contributed by atoms with Gasteiger partial charge in [-0.2, -0.15) is 0 Å². The van der Waals surface area contributed by atoms with Gasteiger partial charge in [0.2, 0.25) is 0 Å². The van der Waals surface area contributed by atoms with Crippen molar-refractivity contribution in [3.63, 3.8) is 0 Å². The van der Waals surface area contributed by atoms with Gasteiger partial charge in [-0.15, -0.1) is 0 Å². The lowest BCUT2D eigenvalue weighted by atomic mass is 9.98. The monoisotopic (exact) mass is 250 g/mol. The SMILES string of the molecule is CNC(c1ccc(C)cc1)C(C)N(C)CCOC. The standard InChI is InChI=1S/C15H26N2O/c1-12-6-8-14(9-7-12)15(16-3)13(2)17(4)10-11-18-5/h6-9,13,15-16H,10-11H2,1-5H3. The molecule has 18 heavy (non-hydrogen) atoms. The van der Waals surface area contributed by atoms with E-state index in [0.717, 1.165) is 13.2 Å². The van der Waals surface area contributed by atoms with Crippen molar-refractivity contribution >= 4 is 0 Å². The summed E-state index contributed by atoms with van der Waals surface area (Å²) < 4.78 is 5.14. The molecule has 0 aliphatic heterocycles. The summed E-state index contributed by atoms with van der Waals surface area (Å²) in [5.74, 6) is 0. The largest absolute Gasteiger partial charge is 0.383 e. The van der Waals surface area contributed by atoms with Gasteiger partial charge >= 0.3 is 0 Å². The first-order valence-corrected chi connectivity index (χ1v) is 6.53. The third-order valence-corrected chi connectivity index (χ3v) is 3.57. The van der Waals surface area contributed by atoms with Crippen LogP contribution in [0.15, 0.2) is 24.3 Å². The van der Waals surface area contributed by atoms with Crippen LogP contribution in [0.1, 0.15) is 24.1 Å². The van der Waals surface area contributed by atoms with Crippen LogP contribution in [0.2, 0.25) is 0 Å². The molecule has 3 nitrogen and oxygen atoms in total. The second-order valence-corrected chi connectivity index (χ2v) is 4.89. The number of likely N-dealkylation sites (N-methyl/N-ethyl adjacent to an activating group) is 2. The molecule has 0 heterocycles. The smallest absolute Gasteiger partial charge is 0.0589 e. The van der Waals surface area contributed by atoms with E-state index in [9.17, 15) is 0 Å². The van der Waals surface area contributed by atoms with E-state index < -0.39 is 0 Å². The lowest BCUT2D eigenvalue weighted by Gasteiger charge is -2.32. The number of aryl methyl sites for hydroxylation is 1. The fourth-order valence-electron chi connectivity index (χ4n) is 2.15. The molecule has 102 valence electrons. The van der Waals surface area contributed by atoms with Gasteiger partial charge in [0.15, 0.2) is 0 Å². The molecule has 0 amide bonds. The molecule has 0 radical (unpaired) electrons. The lowest BCUT2D eigenvalue weighted by Crippen LogP contribution is -2.41. The third kappa shape index (κ3) is 4.09. The Hall–Kier alpha value is -0.900. The number of hydrogen-bond acceptors (Lipinski definition) is 3. The minimum atomic E-state index is 0.340. The Morgan fingerprint density at radius 3 is 2.39 bits per heavy atom. The number of ether oxygens (including phenoxy) is 1. The zero-order valence-electron chi connectivity index (χ0n) is 12.2. The summed E-state index contributed by atoms with van der Waals surface area (Å²) in [6.07, 6.45) is 0. The molecular formula is C15H26N2O. The highest BCUT2D eigenvalue weighted by Crippen LogP contribution is 2.20. The average Bonchev–Trinajstić information content (AvgIpc) is 2.38. The van der Waals surface area contributed by atoms with Crippen molar-refractivity contribution in [1.82, 2.24) is 10.2 Å². The fourth-order valence-corrected chi connectivity index (χ4v) is 2.15. The fraction of sp³-hybridized carbons (Fsp3) is 0.600. The predicted molar refractivity (Wildman–Crippen MR) is 76.9 cm³/mol. The van der Waals surface area contributed by atoms with Gasteiger partial charge in [0.05, 0.1) is 6.61 Å². The summed E-state index contributed by atoms with van der Waals surface area (Å²) in [6.45, 7) is 6.08. The Morgan fingerprint density at radius 2 is 1.89 bits per heavy atom. The van der Waals surface area contributed by atoms with Gasteiger partial charge in [-0.1, -0.05) is 29.8 Å². The minimum absolute atomic E-state index is 0.340. The number of methoxy groups -OCH3 is 1. The van der Waals surface area contributed by atoms with E-state index in [-0.39, 0.29) is 0 Å². The summed E-state index contributed by atoms with van der Waals surface area (Å²) in [5, 5.41) is 3.41. The van der Waals surface area contributed by atoms with Crippen molar-refractivity contribution in [2.45, 2.75) is 25.9 Å². The number of nitrogens with one attached hydrogen (secondary N) is 1. The van der Waals surface area contributed by atoms with Gasteiger partial charge in [0, 0.05) is 25.7 Å². The maximum Gasteiger partial charge on any atom is 0.0589 e. The Labute approximate surface area is 111 Å². The number of nitrogens with zero attached hydrogens (tertiary/aromatic N) is 1. The first-order valence-electron chi connectivity index (χ1n) is 6.53. The van der Waals surface area contributed by atoms with Crippen LogP contribution < -0.4 is 5.32 Å². The van der Waals surface area contributed by atoms with Crippen molar-refractivity contribution in [3.8, 4) is 0 Å². The molecule has 0 spiro atoms. The van der Waals surface area contributed by atoms with Crippen molar-refractivity contribution < 1.29 is 4.74 Å². The number of benzene rings is 1. The maximum atomic E-state index is 5.14. The van der Waals surface area contributed by atoms with Gasteiger partial charge in [-0.25, -0.2) is 0 Å². The van der Waals surface area contributed by atoms with Gasteiger partial charge in [0.25, 0.3) is 0 Å². The average molecular weight is 250 g/mol. The Morgan fingerprint density at radius 1 is 1.28 bits per heavy atom. The van der Waals surface area contributed by atoms with Gasteiger partial charge in [0.1, 0.15) is 0 Å². The van der Waals surface area contributed by atoms with E-state index in [0.29, 0.717) is 12.1 Å². The van der Waals surface area contributed by atoms with E-state index in [2.05, 4.69) is 55.4 Å². The summed E-state index contributed by atoms with van der Waals surface area (Å²) in [7, 11) is 5.90. The predicted octanol–water partition coefficient (Wildman–Crippen LogP) is 2.22. The van der Waals surface area contributed by atoms with Crippen molar-refractivity contribution in [3.05, 3.63) is 35.4 Å². The highest BCUT2D eigenvalue weighted by Gasteiger charge is 2.20. The Kier molecular flexibility index (Phi) is 6.33. The summed E-state index contributed by atoms with van der Waals surface area (Å²) in [6, 6.07) is 9.51. The van der Waals surface area contributed by atoms with E-state index in [1.54, 1.807) is 7.11 Å². The highest BCUT2D eigenvalue weighted by molar-refractivity contribution is 5.25. The maximum absolute atomic E-state index is 5.14. The molecule has 1 rings (SSSR count). The van der Waals surface area contributed by atoms with Crippen molar-refractivity contribution in [2.75, 3.05) is 34.4 Å². The summed E-state index contributed by atoms with van der Waals surface area (Å²) >= 11 is 0. The second kappa shape index (κ2) is 7.52. The Balaban J connectivity index is 2.72. The molecule has 2 atom stereocenters. The molecule has 0 aromatic heterocycles. The first-order chi connectivity index (χ1) is 8.60. The molecule has 0 aliphatic rings. The highest BCUT2D eigenvalue weighted by atomic mass is 16.5. The summed E-state index contributed by atoms with van der Waals surface area (Å²) in [4.78, 5) is 2.32. The van der Waals surface area contributed by atoms with Crippen molar-refractivity contribution in [2.24, 2.45) is 0 Å². The zero-order chi connectivity index (χ0) is 13.5. The van der Waals surface area contributed by atoms with E-state index in [4.69, 9.17) is 4.74 Å². The van der Waals surface area contributed by atoms with Crippen LogP contribution in [0.4, 0.5) is 0 Å². The molecule has 2 unspecified atom stereocenters. The van der Waals surface area contributed by atoms with Gasteiger partial charge < -0.3 is 10.1 Å². The Bertz CT molecular complexity index is 337. The zero-order valence-corrected chi connectivity index (χ0v) is 12.2. The normalized spacial score (nSPS) is 14.8. The molecule has 0 bridgehead atoms. The van der Waals surface area contributed by atoms with Crippen LogP contribution in [-0.2, 0) is 4.74 Å². The van der Waals surface area contributed by atoms with Crippen LogP contribution in [0.25, 0.3) is 0 Å². The summed E-state index contributed by atoms with van der Waals surface area (Å²) in [5.41, 5.74) is 2.63. The molecular weight excluding hydrogens is 224 g/mol. The lowest BCUT2D eigenvalue weighted by molar-refractivity contribution is 0.130. The van der Waals surface area contributed by atoms with Crippen LogP contribution in [-0.4, -0.2) is 45.3 Å². The van der Waals surface area contributed by atoms with Gasteiger partial charge in [-0.3, -0.25) is 4.90 Å². The van der Waals surface area contributed by atoms with Crippen LogP contribution in [0.5, 0.6) is 0 Å². The number of hydrogen-bond donors (Lipinski definition) is 1. The molecule has 1 aromatic rings. The van der Waals surface area contributed by atoms with Crippen LogP contribution in [0.3, 0.4) is 0 Å². The molecule has 0 fully saturated rings. The molecule has 1 aromatic carbocycles. The quantitative estimate of drug-likeness (QED) is 0.803. The van der Waals surface area contributed by atoms with Crippen molar-refractivity contribution in [1.29, 1.82) is 0 Å². The first kappa shape index (κ1) is 15.2. The van der Waals surface area contributed by atoms with Crippen LogP contribution >= 0.6 is 0 Å². The van der Waals surface area contributed by atoms with Crippen LogP contribution in [0, 0.1) is 6.92 Å². The van der Waals surface area contributed by atoms with E-state index in [1.807, 2.05) is 7.05 Å². The molecule has 3 heteroatoms. The molecule has 0 saturated heterocycles. The molecule has 1 N–H and O–H groups in total. The van der Waals surface area contributed by atoms with E-state index >= 15 is 0 Å². The molecule has 0 aliphatic carbocycles. The second-order valence-electron chi connectivity index (χ2n) is 4.89. The van der Waals surface area contributed by atoms with Gasteiger partial charge in [-0.05, 0) is 33.5 Å². The minimum Gasteiger partial charge on any atom is -0.383 e.